The van der Waals surface area contributed by atoms with Crippen LogP contribution in [0.5, 0.6) is 0 Å². The maximum atomic E-state index is 11.9. The number of nitrogens with zero attached hydrogens (tertiary/aromatic N) is 2. The zero-order valence-electron chi connectivity index (χ0n) is 13.0. The van der Waals surface area contributed by atoms with E-state index in [4.69, 9.17) is 0 Å². The van der Waals surface area contributed by atoms with Crippen LogP contribution in [0.15, 0.2) is 58.9 Å². The predicted octanol–water partition coefficient (Wildman–Crippen LogP) is 4.32. The zero-order valence-corrected chi connectivity index (χ0v) is 14.7. The zero-order chi connectivity index (χ0) is 16.8. The molecule has 0 aliphatic rings. The second-order valence-corrected chi connectivity index (χ2v) is 7.27. The molecule has 0 saturated carbocycles. The van der Waals surface area contributed by atoms with Gasteiger partial charge in [-0.2, -0.15) is 0 Å². The molecule has 1 heterocycles. The van der Waals surface area contributed by atoms with Crippen molar-refractivity contribution in [2.24, 2.45) is 0 Å². The van der Waals surface area contributed by atoms with Crippen molar-refractivity contribution in [2.45, 2.75) is 11.3 Å². The van der Waals surface area contributed by atoms with Crippen LogP contribution < -0.4 is 10.6 Å². The van der Waals surface area contributed by atoms with Gasteiger partial charge in [0.1, 0.15) is 0 Å². The summed E-state index contributed by atoms with van der Waals surface area (Å²) in [7, 11) is 0. The van der Waals surface area contributed by atoms with Gasteiger partial charge >= 0.3 is 0 Å². The normalized spacial score (nSPS) is 10.4. The molecule has 0 spiro atoms. The molecule has 1 amide bonds. The number of amides is 1. The average molecular weight is 356 g/mol. The first-order chi connectivity index (χ1) is 11.7. The van der Waals surface area contributed by atoms with Gasteiger partial charge in [0.2, 0.25) is 11.0 Å². The van der Waals surface area contributed by atoms with Crippen molar-refractivity contribution in [3.8, 4) is 0 Å². The summed E-state index contributed by atoms with van der Waals surface area (Å²) in [5, 5.41) is 15.0. The molecule has 3 aromatic rings. The molecule has 0 fully saturated rings. The van der Waals surface area contributed by atoms with E-state index >= 15 is 0 Å². The third-order valence-corrected chi connectivity index (χ3v) is 5.03. The minimum absolute atomic E-state index is 0.0606. The molecule has 5 nitrogen and oxygen atoms in total. The average Bonchev–Trinajstić information content (AvgIpc) is 3.01. The van der Waals surface area contributed by atoms with E-state index in [0.717, 1.165) is 15.7 Å². The topological polar surface area (TPSA) is 66.9 Å². The molecule has 0 aliphatic carbocycles. The highest BCUT2D eigenvalue weighted by Gasteiger charge is 2.08. The second-order valence-electron chi connectivity index (χ2n) is 5.07. The Morgan fingerprint density at radius 1 is 1.08 bits per heavy atom. The van der Waals surface area contributed by atoms with E-state index in [1.54, 1.807) is 0 Å². The highest BCUT2D eigenvalue weighted by molar-refractivity contribution is 8.01. The molecule has 7 heteroatoms. The summed E-state index contributed by atoms with van der Waals surface area (Å²) >= 11 is 2.81. The van der Waals surface area contributed by atoms with Gasteiger partial charge in [-0.1, -0.05) is 53.4 Å². The molecule has 0 saturated heterocycles. The summed E-state index contributed by atoms with van der Waals surface area (Å²) < 4.78 is 0.758. The smallest absolute Gasteiger partial charge is 0.234 e. The Balaban J connectivity index is 1.51. The van der Waals surface area contributed by atoms with E-state index in [0.29, 0.717) is 10.9 Å². The highest BCUT2D eigenvalue weighted by atomic mass is 32.2. The SMILES string of the molecule is Cc1cccc(Nc2nnc(SCC(=O)Nc3ccccc3)s2)c1. The Hall–Kier alpha value is -2.38. The van der Waals surface area contributed by atoms with Gasteiger partial charge in [-0.05, 0) is 36.8 Å². The number of rotatable bonds is 6. The molecule has 2 aromatic carbocycles. The largest absolute Gasteiger partial charge is 0.330 e. The monoisotopic (exact) mass is 356 g/mol. The van der Waals surface area contributed by atoms with Gasteiger partial charge in [-0.15, -0.1) is 10.2 Å². The van der Waals surface area contributed by atoms with E-state index in [1.165, 1.54) is 28.7 Å². The molecular weight excluding hydrogens is 340 g/mol. The lowest BCUT2D eigenvalue weighted by molar-refractivity contribution is -0.113. The Bertz CT molecular complexity index is 820. The van der Waals surface area contributed by atoms with Crippen LogP contribution in [0.1, 0.15) is 5.56 Å². The summed E-state index contributed by atoms with van der Waals surface area (Å²) in [6.07, 6.45) is 0. The van der Waals surface area contributed by atoms with Crippen LogP contribution in [-0.2, 0) is 4.79 Å². The molecular formula is C17H16N4OS2. The number of anilines is 3. The predicted molar refractivity (Wildman–Crippen MR) is 100 cm³/mol. The summed E-state index contributed by atoms with van der Waals surface area (Å²) in [6.45, 7) is 2.04. The van der Waals surface area contributed by atoms with Crippen LogP contribution in [-0.4, -0.2) is 21.9 Å². The Morgan fingerprint density at radius 3 is 2.67 bits per heavy atom. The van der Waals surface area contributed by atoms with Crippen molar-refractivity contribution in [3.63, 3.8) is 0 Å². The van der Waals surface area contributed by atoms with Crippen LogP contribution >= 0.6 is 23.1 Å². The lowest BCUT2D eigenvalue weighted by Crippen LogP contribution is -2.13. The Morgan fingerprint density at radius 2 is 1.88 bits per heavy atom. The van der Waals surface area contributed by atoms with E-state index in [2.05, 4.69) is 20.8 Å². The number of aromatic nitrogens is 2. The quantitative estimate of drug-likeness (QED) is 0.644. The van der Waals surface area contributed by atoms with Gasteiger partial charge < -0.3 is 10.6 Å². The van der Waals surface area contributed by atoms with Crippen molar-refractivity contribution in [1.29, 1.82) is 0 Å². The van der Waals surface area contributed by atoms with E-state index < -0.39 is 0 Å². The minimum atomic E-state index is -0.0606. The Kier molecular flexibility index (Phi) is 5.45. The molecule has 122 valence electrons. The van der Waals surface area contributed by atoms with Gasteiger partial charge in [0, 0.05) is 11.4 Å². The minimum Gasteiger partial charge on any atom is -0.330 e. The summed E-state index contributed by atoms with van der Waals surface area (Å²) in [6, 6.07) is 17.5. The van der Waals surface area contributed by atoms with E-state index in [-0.39, 0.29) is 5.91 Å². The van der Waals surface area contributed by atoms with Gasteiger partial charge in [0.15, 0.2) is 4.34 Å². The molecule has 1 aromatic heterocycles. The molecule has 0 unspecified atom stereocenters. The number of hydrogen-bond acceptors (Lipinski definition) is 6. The lowest BCUT2D eigenvalue weighted by atomic mass is 10.2. The standard InChI is InChI=1S/C17H16N4OS2/c1-12-6-5-9-14(10-12)19-16-20-21-17(24-16)23-11-15(22)18-13-7-3-2-4-8-13/h2-10H,11H2,1H3,(H,18,22)(H,19,20). The van der Waals surface area contributed by atoms with Crippen molar-refractivity contribution in [3.05, 3.63) is 60.2 Å². The maximum absolute atomic E-state index is 11.9. The van der Waals surface area contributed by atoms with Crippen LogP contribution in [0.25, 0.3) is 0 Å². The molecule has 0 atom stereocenters. The number of carbonyl (C=O) groups is 1. The summed E-state index contributed by atoms with van der Waals surface area (Å²) in [4.78, 5) is 11.9. The first-order valence-electron chi connectivity index (χ1n) is 7.34. The molecule has 0 aliphatic heterocycles. The fourth-order valence-electron chi connectivity index (χ4n) is 2.01. The number of aryl methyl sites for hydroxylation is 1. The lowest BCUT2D eigenvalue weighted by Gasteiger charge is -2.03. The van der Waals surface area contributed by atoms with Gasteiger partial charge in [0.05, 0.1) is 5.75 Å². The van der Waals surface area contributed by atoms with Crippen molar-refractivity contribution >= 4 is 45.5 Å². The van der Waals surface area contributed by atoms with Crippen molar-refractivity contribution < 1.29 is 4.79 Å². The first-order valence-corrected chi connectivity index (χ1v) is 9.14. The van der Waals surface area contributed by atoms with Crippen LogP contribution in [0.4, 0.5) is 16.5 Å². The third-order valence-electron chi connectivity index (χ3n) is 3.06. The number of thioether (sulfide) groups is 1. The molecule has 0 bridgehead atoms. The second kappa shape index (κ2) is 7.94. The number of nitrogens with one attached hydrogen (secondary N) is 2. The van der Waals surface area contributed by atoms with Crippen molar-refractivity contribution in [2.75, 3.05) is 16.4 Å². The number of hydrogen-bond donors (Lipinski definition) is 2. The fraction of sp³-hybridized carbons (Fsp3) is 0.118. The maximum Gasteiger partial charge on any atom is 0.234 e. The highest BCUT2D eigenvalue weighted by Crippen LogP contribution is 2.27. The summed E-state index contributed by atoms with van der Waals surface area (Å²) in [5.74, 6) is 0.239. The molecule has 2 N–H and O–H groups in total. The fourth-order valence-corrected chi connectivity index (χ4v) is 3.58. The van der Waals surface area contributed by atoms with E-state index in [1.807, 2.05) is 61.5 Å². The number of para-hydroxylation sites is 1. The van der Waals surface area contributed by atoms with Gasteiger partial charge in [-0.25, -0.2) is 0 Å². The molecule has 0 radical (unpaired) electrons. The number of carbonyl (C=O) groups excluding carboxylic acids is 1. The van der Waals surface area contributed by atoms with E-state index in [9.17, 15) is 4.79 Å². The van der Waals surface area contributed by atoms with Crippen molar-refractivity contribution in [1.82, 2.24) is 10.2 Å². The van der Waals surface area contributed by atoms with Gasteiger partial charge in [-0.3, -0.25) is 4.79 Å². The van der Waals surface area contributed by atoms with Crippen LogP contribution in [0, 0.1) is 6.92 Å². The van der Waals surface area contributed by atoms with Gasteiger partial charge in [0.25, 0.3) is 0 Å². The first kappa shape index (κ1) is 16.5. The summed E-state index contributed by atoms with van der Waals surface area (Å²) in [5.41, 5.74) is 2.95. The van der Waals surface area contributed by atoms with Crippen LogP contribution in [0.2, 0.25) is 0 Å². The van der Waals surface area contributed by atoms with Crippen LogP contribution in [0.3, 0.4) is 0 Å². The third kappa shape index (κ3) is 4.81. The Labute approximate surface area is 148 Å². The number of benzene rings is 2. The molecule has 3 rings (SSSR count). The molecule has 24 heavy (non-hydrogen) atoms.